The number of carbonyl (C=O) groups is 1. The fraction of sp³-hybridized carbons (Fsp3) is 0.636. The van der Waals surface area contributed by atoms with E-state index in [1.54, 1.807) is 0 Å². The molecule has 0 aliphatic heterocycles. The van der Waals surface area contributed by atoms with E-state index in [9.17, 15) is 13.2 Å². The molecule has 0 saturated carbocycles. The number of rotatable bonds is 7. The predicted octanol–water partition coefficient (Wildman–Crippen LogP) is -0.144. The van der Waals surface area contributed by atoms with Crippen LogP contribution in [0.15, 0.2) is 6.20 Å². The Labute approximate surface area is 112 Å². The van der Waals surface area contributed by atoms with Gasteiger partial charge in [0, 0.05) is 12.8 Å². The first-order valence-corrected chi connectivity index (χ1v) is 7.93. The van der Waals surface area contributed by atoms with Gasteiger partial charge < -0.3 is 10.5 Å². The van der Waals surface area contributed by atoms with E-state index in [0.29, 0.717) is 12.3 Å². The predicted molar refractivity (Wildman–Crippen MR) is 71.1 cm³/mol. The minimum Gasteiger partial charge on any atom is -0.493 e. The Hall–Kier alpha value is -1.41. The Morgan fingerprint density at radius 3 is 2.68 bits per heavy atom. The molecule has 1 aromatic rings. The summed E-state index contributed by atoms with van der Waals surface area (Å²) in [6.45, 7) is 2.34. The Morgan fingerprint density at radius 2 is 2.21 bits per heavy atom. The zero-order valence-electron chi connectivity index (χ0n) is 11.3. The molecule has 1 aromatic heterocycles. The first kappa shape index (κ1) is 15.6. The lowest BCUT2D eigenvalue weighted by atomic mass is 10.1. The lowest BCUT2D eigenvalue weighted by Crippen LogP contribution is -2.34. The van der Waals surface area contributed by atoms with Gasteiger partial charge in [0.2, 0.25) is 5.78 Å². The molecule has 0 saturated heterocycles. The van der Waals surface area contributed by atoms with E-state index in [1.807, 2.05) is 6.92 Å². The van der Waals surface area contributed by atoms with E-state index in [0.717, 1.165) is 6.26 Å². The third-order valence-electron chi connectivity index (χ3n) is 2.70. The van der Waals surface area contributed by atoms with E-state index in [1.165, 1.54) is 18.0 Å². The smallest absolute Gasteiger partial charge is 0.201 e. The highest BCUT2D eigenvalue weighted by molar-refractivity contribution is 7.90. The summed E-state index contributed by atoms with van der Waals surface area (Å²) >= 11 is 0. The van der Waals surface area contributed by atoms with Gasteiger partial charge in [0.1, 0.15) is 15.5 Å². The molecule has 1 unspecified atom stereocenters. The van der Waals surface area contributed by atoms with Gasteiger partial charge in [-0.1, -0.05) is 0 Å². The number of aryl methyl sites for hydroxylation is 1. The molecule has 19 heavy (non-hydrogen) atoms. The number of ketones is 1. The van der Waals surface area contributed by atoms with E-state index < -0.39 is 15.9 Å². The van der Waals surface area contributed by atoms with Gasteiger partial charge in [-0.15, -0.1) is 0 Å². The maximum atomic E-state index is 12.2. The van der Waals surface area contributed by atoms with Crippen LogP contribution in [0.4, 0.5) is 0 Å². The van der Waals surface area contributed by atoms with Crippen LogP contribution in [0.5, 0.6) is 5.75 Å². The number of aromatic nitrogens is 2. The molecule has 0 fully saturated rings. The van der Waals surface area contributed by atoms with Crippen LogP contribution in [0.2, 0.25) is 0 Å². The normalized spacial score (nSPS) is 13.3. The van der Waals surface area contributed by atoms with Crippen LogP contribution in [-0.2, 0) is 16.4 Å². The van der Waals surface area contributed by atoms with Crippen molar-refractivity contribution in [3.8, 4) is 5.75 Å². The first-order valence-electron chi connectivity index (χ1n) is 5.87. The molecule has 0 aromatic carbocycles. The molecule has 0 aliphatic carbocycles. The number of ether oxygens (including phenoxy) is 1. The molecule has 2 N–H and O–H groups in total. The second-order valence-corrected chi connectivity index (χ2v) is 6.53. The number of Topliss-reactive ketones (excluding diaryl/α,β-unsaturated/α-hetero) is 1. The highest BCUT2D eigenvalue weighted by atomic mass is 32.2. The average molecular weight is 289 g/mol. The third kappa shape index (κ3) is 4.03. The van der Waals surface area contributed by atoms with Crippen molar-refractivity contribution in [2.45, 2.75) is 25.9 Å². The molecule has 0 bridgehead atoms. The Morgan fingerprint density at radius 1 is 1.58 bits per heavy atom. The summed E-state index contributed by atoms with van der Waals surface area (Å²) in [5.41, 5.74) is 6.04. The minimum atomic E-state index is -3.14. The SMILES string of the molecule is CCn1ncc(OC)c1C(=O)C(N)CCS(C)(=O)=O. The van der Waals surface area contributed by atoms with Crippen LogP contribution in [-0.4, -0.2) is 49.1 Å². The number of hydrogen-bond acceptors (Lipinski definition) is 6. The molecule has 1 rings (SSSR count). The molecule has 7 nitrogen and oxygen atoms in total. The van der Waals surface area contributed by atoms with Gasteiger partial charge in [0.15, 0.2) is 5.75 Å². The van der Waals surface area contributed by atoms with Crippen molar-refractivity contribution >= 4 is 15.6 Å². The maximum absolute atomic E-state index is 12.2. The quantitative estimate of drug-likeness (QED) is 0.700. The molecule has 1 heterocycles. The number of sulfone groups is 1. The van der Waals surface area contributed by atoms with Crippen LogP contribution in [0.1, 0.15) is 23.8 Å². The van der Waals surface area contributed by atoms with Crippen LogP contribution in [0.3, 0.4) is 0 Å². The van der Waals surface area contributed by atoms with E-state index in [2.05, 4.69) is 5.10 Å². The van der Waals surface area contributed by atoms with Gasteiger partial charge in [-0.25, -0.2) is 8.42 Å². The number of nitrogens with two attached hydrogens (primary N) is 1. The molecule has 8 heteroatoms. The lowest BCUT2D eigenvalue weighted by molar-refractivity contribution is 0.0946. The number of nitrogens with zero attached hydrogens (tertiary/aromatic N) is 2. The standard InChI is InChI=1S/C11H19N3O4S/c1-4-14-10(9(18-2)7-13-14)11(15)8(12)5-6-19(3,16)17/h7-8H,4-6,12H2,1-3H3. The van der Waals surface area contributed by atoms with Crippen molar-refractivity contribution in [1.82, 2.24) is 9.78 Å². The second kappa shape index (κ2) is 6.16. The summed E-state index contributed by atoms with van der Waals surface area (Å²) in [5.74, 6) is -0.135. The van der Waals surface area contributed by atoms with Crippen molar-refractivity contribution in [1.29, 1.82) is 0 Å². The summed E-state index contributed by atoms with van der Waals surface area (Å²) in [6, 6.07) is -0.884. The molecule has 0 radical (unpaired) electrons. The van der Waals surface area contributed by atoms with Crippen molar-refractivity contribution in [2.75, 3.05) is 19.1 Å². The maximum Gasteiger partial charge on any atom is 0.201 e. The third-order valence-corrected chi connectivity index (χ3v) is 3.67. The molecule has 0 aliphatic rings. The monoisotopic (exact) mass is 289 g/mol. The largest absolute Gasteiger partial charge is 0.493 e. The topological polar surface area (TPSA) is 104 Å². The van der Waals surface area contributed by atoms with Crippen molar-refractivity contribution in [3.05, 3.63) is 11.9 Å². The average Bonchev–Trinajstić information content (AvgIpc) is 2.76. The van der Waals surface area contributed by atoms with Gasteiger partial charge in [0.05, 0.1) is 25.1 Å². The van der Waals surface area contributed by atoms with Crippen LogP contribution < -0.4 is 10.5 Å². The van der Waals surface area contributed by atoms with E-state index in [-0.39, 0.29) is 23.7 Å². The number of hydrogen-bond donors (Lipinski definition) is 1. The van der Waals surface area contributed by atoms with Gasteiger partial charge in [-0.05, 0) is 13.3 Å². The van der Waals surface area contributed by atoms with Gasteiger partial charge >= 0.3 is 0 Å². The van der Waals surface area contributed by atoms with Crippen molar-refractivity contribution in [3.63, 3.8) is 0 Å². The minimum absolute atomic E-state index is 0.0791. The van der Waals surface area contributed by atoms with Crippen molar-refractivity contribution in [2.24, 2.45) is 5.73 Å². The highest BCUT2D eigenvalue weighted by Gasteiger charge is 2.25. The summed E-state index contributed by atoms with van der Waals surface area (Å²) in [6.07, 6.45) is 2.64. The fourth-order valence-corrected chi connectivity index (χ4v) is 2.34. The fourth-order valence-electron chi connectivity index (χ4n) is 1.65. The highest BCUT2D eigenvalue weighted by Crippen LogP contribution is 2.19. The van der Waals surface area contributed by atoms with Crippen LogP contribution in [0.25, 0.3) is 0 Å². The molecule has 1 atom stereocenters. The Balaban J connectivity index is 2.90. The first-order chi connectivity index (χ1) is 8.80. The van der Waals surface area contributed by atoms with Gasteiger partial charge in [0.25, 0.3) is 0 Å². The molecular weight excluding hydrogens is 270 g/mol. The molecule has 0 spiro atoms. The van der Waals surface area contributed by atoms with E-state index in [4.69, 9.17) is 10.5 Å². The number of carbonyl (C=O) groups excluding carboxylic acids is 1. The number of methoxy groups -OCH3 is 1. The molecule has 0 amide bonds. The van der Waals surface area contributed by atoms with Crippen molar-refractivity contribution < 1.29 is 17.9 Å². The Kier molecular flexibility index (Phi) is 5.07. The van der Waals surface area contributed by atoms with Crippen LogP contribution >= 0.6 is 0 Å². The van der Waals surface area contributed by atoms with Crippen LogP contribution in [0, 0.1) is 0 Å². The molecular formula is C11H19N3O4S. The van der Waals surface area contributed by atoms with Gasteiger partial charge in [-0.3, -0.25) is 9.48 Å². The summed E-state index contributed by atoms with van der Waals surface area (Å²) in [4.78, 5) is 12.2. The zero-order chi connectivity index (χ0) is 14.6. The lowest BCUT2D eigenvalue weighted by Gasteiger charge is -2.12. The summed E-state index contributed by atoms with van der Waals surface area (Å²) < 4.78 is 28.7. The molecule has 108 valence electrons. The second-order valence-electron chi connectivity index (χ2n) is 4.27. The van der Waals surface area contributed by atoms with E-state index >= 15 is 0 Å². The zero-order valence-corrected chi connectivity index (χ0v) is 12.1. The Bertz CT molecular complexity index is 529. The summed E-state index contributed by atoms with van der Waals surface area (Å²) in [7, 11) is -1.70. The summed E-state index contributed by atoms with van der Waals surface area (Å²) in [5, 5.41) is 4.01. The van der Waals surface area contributed by atoms with Gasteiger partial charge in [-0.2, -0.15) is 5.10 Å².